The zero-order chi connectivity index (χ0) is 17.5. The van der Waals surface area contributed by atoms with E-state index in [4.69, 9.17) is 9.15 Å². The first-order valence-corrected chi connectivity index (χ1v) is 7.76. The van der Waals surface area contributed by atoms with E-state index in [9.17, 15) is 9.59 Å². The highest BCUT2D eigenvalue weighted by Crippen LogP contribution is 2.23. The molecule has 2 aromatic rings. The maximum absolute atomic E-state index is 12.1. The third-order valence-electron chi connectivity index (χ3n) is 3.64. The van der Waals surface area contributed by atoms with E-state index < -0.39 is 11.8 Å². The van der Waals surface area contributed by atoms with Crippen LogP contribution in [0.25, 0.3) is 0 Å². The van der Waals surface area contributed by atoms with Crippen LogP contribution in [0.2, 0.25) is 0 Å². The molecule has 1 aromatic heterocycles. The molecule has 0 radical (unpaired) electrons. The van der Waals surface area contributed by atoms with Gasteiger partial charge in [-0.1, -0.05) is 26.0 Å². The number of amides is 2. The average molecular weight is 330 g/mol. The van der Waals surface area contributed by atoms with Crippen LogP contribution in [-0.2, 0) is 16.1 Å². The molecule has 1 atom stereocenters. The van der Waals surface area contributed by atoms with Gasteiger partial charge in [0, 0.05) is 0 Å². The maximum atomic E-state index is 12.1. The van der Waals surface area contributed by atoms with Crippen molar-refractivity contribution in [3.8, 4) is 5.75 Å². The summed E-state index contributed by atoms with van der Waals surface area (Å²) in [7, 11) is 1.60. The zero-order valence-corrected chi connectivity index (χ0v) is 14.0. The van der Waals surface area contributed by atoms with E-state index in [-0.39, 0.29) is 18.5 Å². The number of carbonyl (C=O) groups excluding carboxylic acids is 2. The number of benzene rings is 1. The van der Waals surface area contributed by atoms with E-state index in [1.54, 1.807) is 19.2 Å². The number of carbonyl (C=O) groups is 2. The van der Waals surface area contributed by atoms with E-state index in [0.29, 0.717) is 5.76 Å². The molecule has 6 heteroatoms. The Morgan fingerprint density at radius 1 is 1.12 bits per heavy atom. The molecule has 0 aliphatic heterocycles. The van der Waals surface area contributed by atoms with Crippen molar-refractivity contribution in [2.45, 2.75) is 26.4 Å². The van der Waals surface area contributed by atoms with Gasteiger partial charge in [0.25, 0.3) is 0 Å². The molecule has 1 heterocycles. The molecule has 0 fully saturated rings. The van der Waals surface area contributed by atoms with Gasteiger partial charge in [0.05, 0.1) is 26.0 Å². The van der Waals surface area contributed by atoms with Crippen LogP contribution in [-0.4, -0.2) is 18.9 Å². The van der Waals surface area contributed by atoms with E-state index in [1.807, 2.05) is 38.1 Å². The van der Waals surface area contributed by atoms with E-state index in [1.165, 1.54) is 6.26 Å². The lowest BCUT2D eigenvalue weighted by Gasteiger charge is -2.22. The van der Waals surface area contributed by atoms with Crippen molar-refractivity contribution in [2.24, 2.45) is 5.92 Å². The lowest BCUT2D eigenvalue weighted by Crippen LogP contribution is -2.42. The largest absolute Gasteiger partial charge is 0.497 e. The van der Waals surface area contributed by atoms with Crippen molar-refractivity contribution in [3.05, 3.63) is 54.0 Å². The minimum Gasteiger partial charge on any atom is -0.497 e. The Balaban J connectivity index is 1.98. The third kappa shape index (κ3) is 4.62. The second kappa shape index (κ2) is 8.19. The Kier molecular flexibility index (Phi) is 6.01. The van der Waals surface area contributed by atoms with Crippen molar-refractivity contribution in [3.63, 3.8) is 0 Å². The van der Waals surface area contributed by atoms with Crippen molar-refractivity contribution in [1.29, 1.82) is 0 Å². The fourth-order valence-electron chi connectivity index (χ4n) is 2.31. The van der Waals surface area contributed by atoms with Gasteiger partial charge >= 0.3 is 11.8 Å². The zero-order valence-electron chi connectivity index (χ0n) is 14.0. The summed E-state index contributed by atoms with van der Waals surface area (Å²) >= 11 is 0. The van der Waals surface area contributed by atoms with E-state index in [2.05, 4.69) is 10.6 Å². The molecular weight excluding hydrogens is 308 g/mol. The monoisotopic (exact) mass is 330 g/mol. The molecule has 0 saturated heterocycles. The normalized spacial score (nSPS) is 11.8. The minimum atomic E-state index is -0.689. The highest BCUT2D eigenvalue weighted by atomic mass is 16.5. The number of ether oxygens (including phenoxy) is 1. The fourth-order valence-corrected chi connectivity index (χ4v) is 2.31. The Hall–Kier alpha value is -2.76. The van der Waals surface area contributed by atoms with Crippen molar-refractivity contribution in [2.75, 3.05) is 7.11 Å². The van der Waals surface area contributed by atoms with Gasteiger partial charge in [0.15, 0.2) is 0 Å². The Morgan fingerprint density at radius 3 is 2.38 bits per heavy atom. The van der Waals surface area contributed by atoms with E-state index in [0.717, 1.165) is 11.3 Å². The summed E-state index contributed by atoms with van der Waals surface area (Å²) in [5, 5.41) is 5.31. The van der Waals surface area contributed by atoms with Gasteiger partial charge in [0.1, 0.15) is 11.5 Å². The van der Waals surface area contributed by atoms with Crippen molar-refractivity contribution >= 4 is 11.8 Å². The molecule has 6 nitrogen and oxygen atoms in total. The predicted molar refractivity (Wildman–Crippen MR) is 89.3 cm³/mol. The molecule has 2 N–H and O–H groups in total. The van der Waals surface area contributed by atoms with Crippen LogP contribution >= 0.6 is 0 Å². The number of methoxy groups -OCH3 is 1. The standard InChI is InChI=1S/C18H22N2O4/c1-12(2)16(13-6-8-14(23-3)9-7-13)20-18(22)17(21)19-11-15-5-4-10-24-15/h4-10,12,16H,11H2,1-3H3,(H,19,21)(H,20,22)/t16-/m0/s1. The summed E-state index contributed by atoms with van der Waals surface area (Å²) in [5.41, 5.74) is 0.915. The Morgan fingerprint density at radius 2 is 1.83 bits per heavy atom. The summed E-state index contributed by atoms with van der Waals surface area (Å²) in [5.74, 6) is 0.0948. The lowest BCUT2D eigenvalue weighted by molar-refractivity contribution is -0.140. The SMILES string of the molecule is COc1ccc([C@@H](NC(=O)C(=O)NCc2ccco2)C(C)C)cc1. The van der Waals surface area contributed by atoms with Crippen LogP contribution < -0.4 is 15.4 Å². The molecule has 0 unspecified atom stereocenters. The van der Waals surface area contributed by atoms with Crippen LogP contribution in [0.3, 0.4) is 0 Å². The molecule has 0 aliphatic carbocycles. The third-order valence-corrected chi connectivity index (χ3v) is 3.64. The van der Waals surface area contributed by atoms with Crippen molar-refractivity contribution in [1.82, 2.24) is 10.6 Å². The van der Waals surface area contributed by atoms with Gasteiger partial charge in [-0.05, 0) is 35.7 Å². The molecule has 2 amide bonds. The first kappa shape index (κ1) is 17.6. The smallest absolute Gasteiger partial charge is 0.309 e. The number of nitrogens with one attached hydrogen (secondary N) is 2. The first-order valence-electron chi connectivity index (χ1n) is 7.76. The summed E-state index contributed by atoms with van der Waals surface area (Å²) in [6.45, 7) is 4.14. The summed E-state index contributed by atoms with van der Waals surface area (Å²) < 4.78 is 10.3. The number of hydrogen-bond donors (Lipinski definition) is 2. The Bertz CT molecular complexity index is 663. The predicted octanol–water partition coefficient (Wildman–Crippen LogP) is 2.42. The van der Waals surface area contributed by atoms with Gasteiger partial charge in [-0.3, -0.25) is 9.59 Å². The maximum Gasteiger partial charge on any atom is 0.309 e. The van der Waals surface area contributed by atoms with Gasteiger partial charge in [-0.25, -0.2) is 0 Å². The highest BCUT2D eigenvalue weighted by molar-refractivity contribution is 6.35. The van der Waals surface area contributed by atoms with Gasteiger partial charge in [-0.2, -0.15) is 0 Å². The number of hydrogen-bond acceptors (Lipinski definition) is 4. The highest BCUT2D eigenvalue weighted by Gasteiger charge is 2.22. The molecule has 0 saturated carbocycles. The fraction of sp³-hybridized carbons (Fsp3) is 0.333. The van der Waals surface area contributed by atoms with E-state index >= 15 is 0 Å². The summed E-state index contributed by atoms with van der Waals surface area (Å²) in [4.78, 5) is 24.1. The molecule has 1 aromatic carbocycles. The summed E-state index contributed by atoms with van der Waals surface area (Å²) in [6.07, 6.45) is 1.51. The van der Waals surface area contributed by atoms with Crippen LogP contribution in [0.5, 0.6) is 5.75 Å². The van der Waals surface area contributed by atoms with Crippen LogP contribution in [0.1, 0.15) is 31.2 Å². The van der Waals surface area contributed by atoms with Gasteiger partial charge < -0.3 is 19.8 Å². The minimum absolute atomic E-state index is 0.125. The molecule has 0 aliphatic rings. The average Bonchev–Trinajstić information content (AvgIpc) is 3.10. The second-order valence-corrected chi connectivity index (χ2v) is 5.73. The van der Waals surface area contributed by atoms with Crippen LogP contribution in [0.4, 0.5) is 0 Å². The van der Waals surface area contributed by atoms with Crippen LogP contribution in [0, 0.1) is 5.92 Å². The molecule has 0 bridgehead atoms. The first-order chi connectivity index (χ1) is 11.5. The van der Waals surface area contributed by atoms with Crippen LogP contribution in [0.15, 0.2) is 47.1 Å². The number of rotatable bonds is 6. The van der Waals surface area contributed by atoms with Gasteiger partial charge in [0.2, 0.25) is 0 Å². The lowest BCUT2D eigenvalue weighted by atomic mass is 9.96. The molecule has 24 heavy (non-hydrogen) atoms. The number of furan rings is 1. The molecular formula is C18H22N2O4. The molecule has 0 spiro atoms. The second-order valence-electron chi connectivity index (χ2n) is 5.73. The quantitative estimate of drug-likeness (QED) is 0.797. The van der Waals surface area contributed by atoms with Crippen molar-refractivity contribution < 1.29 is 18.7 Å². The topological polar surface area (TPSA) is 80.6 Å². The Labute approximate surface area is 141 Å². The molecule has 2 rings (SSSR count). The molecule has 128 valence electrons. The van der Waals surface area contributed by atoms with Gasteiger partial charge in [-0.15, -0.1) is 0 Å². The summed E-state index contributed by atoms with van der Waals surface area (Å²) in [6, 6.07) is 10.6.